The van der Waals surface area contributed by atoms with E-state index in [2.05, 4.69) is 4.74 Å². The van der Waals surface area contributed by atoms with Crippen molar-refractivity contribution in [3.05, 3.63) is 21.9 Å². The molecule has 1 rings (SSSR count). The Balaban J connectivity index is 2.64. The summed E-state index contributed by atoms with van der Waals surface area (Å²) >= 11 is 1.01. The second-order valence-corrected chi connectivity index (χ2v) is 4.51. The van der Waals surface area contributed by atoms with Crippen LogP contribution in [-0.4, -0.2) is 40.0 Å². The molecule has 0 aromatic carbocycles. The van der Waals surface area contributed by atoms with Crippen LogP contribution in [-0.2, 0) is 9.53 Å². The van der Waals surface area contributed by atoms with Gasteiger partial charge in [-0.2, -0.15) is 0 Å². The van der Waals surface area contributed by atoms with Gasteiger partial charge in [-0.1, -0.05) is 0 Å². The summed E-state index contributed by atoms with van der Waals surface area (Å²) in [6.45, 7) is 1.84. The van der Waals surface area contributed by atoms with Gasteiger partial charge in [0.05, 0.1) is 24.7 Å². The van der Waals surface area contributed by atoms with Crippen LogP contribution in [0.5, 0.6) is 0 Å². The van der Waals surface area contributed by atoms with E-state index in [0.717, 1.165) is 11.3 Å². The van der Waals surface area contributed by atoms with Crippen molar-refractivity contribution in [3.63, 3.8) is 0 Å². The van der Waals surface area contributed by atoms with Crippen molar-refractivity contribution in [3.8, 4) is 0 Å². The predicted octanol–water partition coefficient (Wildman–Crippen LogP) is 0.794. The summed E-state index contributed by atoms with van der Waals surface area (Å²) in [5, 5.41) is 29.5. The zero-order valence-electron chi connectivity index (χ0n) is 9.70. The maximum absolute atomic E-state index is 11.1. The number of hydrogen-bond acceptors (Lipinski definition) is 6. The number of rotatable bonds is 6. The fraction of sp³-hybridized carbons (Fsp3) is 0.455. The topological polar surface area (TPSA) is 104 Å². The number of carbonyl (C=O) groups is 2. The summed E-state index contributed by atoms with van der Waals surface area (Å²) in [7, 11) is 0. The Morgan fingerprint density at radius 2 is 2.11 bits per heavy atom. The largest absolute Gasteiger partial charge is 0.478 e. The van der Waals surface area contributed by atoms with Gasteiger partial charge in [0.25, 0.3) is 0 Å². The number of aliphatic hydroxyl groups is 2. The summed E-state index contributed by atoms with van der Waals surface area (Å²) in [4.78, 5) is 22.1. The molecule has 7 heteroatoms. The number of esters is 1. The minimum absolute atomic E-state index is 0.0392. The minimum Gasteiger partial charge on any atom is -0.478 e. The monoisotopic (exact) mass is 274 g/mol. The van der Waals surface area contributed by atoms with E-state index in [1.54, 1.807) is 6.92 Å². The number of aromatic carboxylic acids is 1. The first-order valence-electron chi connectivity index (χ1n) is 5.29. The van der Waals surface area contributed by atoms with Gasteiger partial charge in [0.15, 0.2) is 0 Å². The van der Waals surface area contributed by atoms with Gasteiger partial charge in [-0.25, -0.2) is 4.79 Å². The Kier molecular flexibility index (Phi) is 5.26. The molecule has 6 nitrogen and oxygen atoms in total. The lowest BCUT2D eigenvalue weighted by Crippen LogP contribution is -2.22. The summed E-state index contributed by atoms with van der Waals surface area (Å²) in [5.74, 6) is -1.72. The van der Waals surface area contributed by atoms with Crippen molar-refractivity contribution in [1.29, 1.82) is 0 Å². The van der Waals surface area contributed by atoms with E-state index >= 15 is 0 Å². The van der Waals surface area contributed by atoms with Crippen LogP contribution >= 0.6 is 11.3 Å². The Morgan fingerprint density at radius 3 is 2.61 bits per heavy atom. The van der Waals surface area contributed by atoms with Gasteiger partial charge >= 0.3 is 11.9 Å². The molecule has 0 aliphatic carbocycles. The van der Waals surface area contributed by atoms with Gasteiger partial charge < -0.3 is 20.1 Å². The van der Waals surface area contributed by atoms with Gasteiger partial charge in [-0.05, 0) is 13.0 Å². The molecule has 0 saturated heterocycles. The molecule has 100 valence electrons. The van der Waals surface area contributed by atoms with Crippen LogP contribution in [0.25, 0.3) is 0 Å². The van der Waals surface area contributed by atoms with E-state index in [9.17, 15) is 19.8 Å². The van der Waals surface area contributed by atoms with Crippen LogP contribution in [0, 0.1) is 0 Å². The SMILES string of the molecule is CCOC(=O)CC(O)C(O)c1cc(C(=O)O)cs1. The van der Waals surface area contributed by atoms with E-state index in [0.29, 0.717) is 4.88 Å². The fourth-order valence-corrected chi connectivity index (χ4v) is 2.24. The molecule has 1 aromatic rings. The summed E-state index contributed by atoms with van der Waals surface area (Å²) in [5.41, 5.74) is 0.0392. The Labute approximate surface area is 107 Å². The van der Waals surface area contributed by atoms with Crippen molar-refractivity contribution >= 4 is 23.3 Å². The average Bonchev–Trinajstić information content (AvgIpc) is 2.77. The number of ether oxygens (including phenoxy) is 1. The van der Waals surface area contributed by atoms with Gasteiger partial charge in [0.2, 0.25) is 0 Å². The highest BCUT2D eigenvalue weighted by Gasteiger charge is 2.24. The molecule has 18 heavy (non-hydrogen) atoms. The lowest BCUT2D eigenvalue weighted by molar-refractivity contribution is -0.147. The van der Waals surface area contributed by atoms with Gasteiger partial charge in [0.1, 0.15) is 6.10 Å². The lowest BCUT2D eigenvalue weighted by atomic mass is 10.1. The number of carboxylic acids is 1. The van der Waals surface area contributed by atoms with Crippen molar-refractivity contribution < 1.29 is 29.6 Å². The first-order chi connectivity index (χ1) is 8.45. The van der Waals surface area contributed by atoms with E-state index in [1.165, 1.54) is 11.4 Å². The van der Waals surface area contributed by atoms with E-state index in [-0.39, 0.29) is 18.6 Å². The van der Waals surface area contributed by atoms with E-state index < -0.39 is 24.1 Å². The molecule has 1 heterocycles. The van der Waals surface area contributed by atoms with Crippen molar-refractivity contribution in [2.45, 2.75) is 25.6 Å². The van der Waals surface area contributed by atoms with Gasteiger partial charge in [-0.15, -0.1) is 11.3 Å². The standard InChI is InChI=1S/C11H14O6S/c1-2-17-9(13)4-7(12)10(14)8-3-6(5-18-8)11(15)16/h3,5,7,10,12,14H,2,4H2,1H3,(H,15,16). The molecule has 0 saturated carbocycles. The molecule has 3 N–H and O–H groups in total. The second-order valence-electron chi connectivity index (χ2n) is 3.56. The van der Waals surface area contributed by atoms with E-state index in [1.807, 2.05) is 0 Å². The highest BCUT2D eigenvalue weighted by Crippen LogP contribution is 2.26. The molecule has 0 bridgehead atoms. The van der Waals surface area contributed by atoms with Crippen LogP contribution < -0.4 is 0 Å². The zero-order chi connectivity index (χ0) is 13.7. The Morgan fingerprint density at radius 1 is 1.44 bits per heavy atom. The maximum Gasteiger partial charge on any atom is 0.336 e. The summed E-state index contributed by atoms with van der Waals surface area (Å²) < 4.78 is 4.64. The smallest absolute Gasteiger partial charge is 0.336 e. The van der Waals surface area contributed by atoms with Crippen LogP contribution in [0.4, 0.5) is 0 Å². The quantitative estimate of drug-likeness (QED) is 0.663. The maximum atomic E-state index is 11.1. The third kappa shape index (κ3) is 3.80. The molecule has 0 amide bonds. The van der Waals surface area contributed by atoms with E-state index in [4.69, 9.17) is 5.11 Å². The zero-order valence-corrected chi connectivity index (χ0v) is 10.5. The average molecular weight is 274 g/mol. The number of hydrogen-bond donors (Lipinski definition) is 3. The molecule has 2 unspecified atom stereocenters. The normalized spacial score (nSPS) is 13.9. The third-order valence-electron chi connectivity index (χ3n) is 2.20. The Bertz CT molecular complexity index is 427. The molecule has 0 fully saturated rings. The lowest BCUT2D eigenvalue weighted by Gasteiger charge is -2.15. The van der Waals surface area contributed by atoms with Crippen LogP contribution in [0.3, 0.4) is 0 Å². The third-order valence-corrected chi connectivity index (χ3v) is 3.21. The Hall–Kier alpha value is -1.44. The van der Waals surface area contributed by atoms with Gasteiger partial charge in [-0.3, -0.25) is 4.79 Å². The molecular weight excluding hydrogens is 260 g/mol. The molecule has 2 atom stereocenters. The number of thiophene rings is 1. The molecular formula is C11H14O6S. The molecule has 0 radical (unpaired) electrons. The molecule has 0 aliphatic rings. The van der Waals surface area contributed by atoms with Crippen molar-refractivity contribution in [2.75, 3.05) is 6.61 Å². The first-order valence-corrected chi connectivity index (χ1v) is 6.17. The predicted molar refractivity (Wildman–Crippen MR) is 63.5 cm³/mol. The summed E-state index contributed by atoms with van der Waals surface area (Å²) in [6, 6.07) is 1.27. The van der Waals surface area contributed by atoms with Crippen molar-refractivity contribution in [2.24, 2.45) is 0 Å². The van der Waals surface area contributed by atoms with Crippen LogP contribution in [0.2, 0.25) is 0 Å². The summed E-state index contributed by atoms with van der Waals surface area (Å²) in [6.07, 6.45) is -2.95. The number of carboxylic acid groups (broad SMARTS) is 1. The van der Waals surface area contributed by atoms with Gasteiger partial charge in [0, 0.05) is 10.3 Å². The fourth-order valence-electron chi connectivity index (χ4n) is 1.31. The molecule has 0 aliphatic heterocycles. The number of aliphatic hydroxyl groups excluding tert-OH is 2. The molecule has 0 spiro atoms. The first kappa shape index (κ1) is 14.6. The highest BCUT2D eigenvalue weighted by molar-refractivity contribution is 7.10. The highest BCUT2D eigenvalue weighted by atomic mass is 32.1. The minimum atomic E-state index is -1.32. The van der Waals surface area contributed by atoms with Crippen LogP contribution in [0.1, 0.15) is 34.7 Å². The molecule has 1 aromatic heterocycles. The van der Waals surface area contributed by atoms with Crippen LogP contribution in [0.15, 0.2) is 11.4 Å². The second kappa shape index (κ2) is 6.48. The van der Waals surface area contributed by atoms with Crippen molar-refractivity contribution in [1.82, 2.24) is 0 Å². The number of carbonyl (C=O) groups excluding carboxylic acids is 1.